The monoisotopic (exact) mass is 342 g/mol. The zero-order valence-electron chi connectivity index (χ0n) is 13.1. The summed E-state index contributed by atoms with van der Waals surface area (Å²) in [6.45, 7) is 0.716. The van der Waals surface area contributed by atoms with E-state index in [2.05, 4.69) is 15.0 Å². The van der Waals surface area contributed by atoms with Gasteiger partial charge in [-0.1, -0.05) is 0 Å². The number of aromatic amines is 2. The van der Waals surface area contributed by atoms with Crippen LogP contribution in [0.5, 0.6) is 5.88 Å². The largest absolute Gasteiger partial charge is 0.470 e. The molecular weight excluding hydrogens is 328 g/mol. The first-order valence-electron chi connectivity index (χ1n) is 7.57. The van der Waals surface area contributed by atoms with Gasteiger partial charge < -0.3 is 14.6 Å². The Morgan fingerprint density at radius 3 is 2.88 bits per heavy atom. The van der Waals surface area contributed by atoms with Crippen LogP contribution in [-0.2, 0) is 0 Å². The highest BCUT2D eigenvalue weighted by atomic mass is 16.5. The molecule has 0 radical (unpaired) electrons. The minimum atomic E-state index is -0.737. The van der Waals surface area contributed by atoms with Gasteiger partial charge in [-0.15, -0.1) is 0 Å². The predicted molar refractivity (Wildman–Crippen MR) is 84.0 cm³/mol. The number of H-pyrrole nitrogens is 2. The van der Waals surface area contributed by atoms with Crippen molar-refractivity contribution in [3.05, 3.63) is 50.7 Å². The second kappa shape index (κ2) is 6.96. The molecule has 3 heterocycles. The molecule has 0 aromatic carbocycles. The van der Waals surface area contributed by atoms with E-state index in [1.54, 1.807) is 0 Å². The lowest BCUT2D eigenvalue weighted by atomic mass is 10.1. The Hall–Kier alpha value is -3.48. The summed E-state index contributed by atoms with van der Waals surface area (Å²) in [7, 11) is 0. The fourth-order valence-electron chi connectivity index (χ4n) is 2.62. The van der Waals surface area contributed by atoms with Crippen LogP contribution in [0, 0.1) is 11.3 Å². The van der Waals surface area contributed by atoms with Gasteiger partial charge in [0, 0.05) is 25.0 Å². The molecule has 10 heteroatoms. The number of aromatic nitrogens is 4. The van der Waals surface area contributed by atoms with Crippen molar-refractivity contribution < 1.29 is 9.53 Å². The van der Waals surface area contributed by atoms with Crippen LogP contribution in [0.3, 0.4) is 0 Å². The quantitative estimate of drug-likeness (QED) is 0.758. The van der Waals surface area contributed by atoms with Crippen LogP contribution in [0.1, 0.15) is 29.0 Å². The van der Waals surface area contributed by atoms with E-state index in [1.807, 2.05) is 11.1 Å². The molecule has 0 spiro atoms. The van der Waals surface area contributed by atoms with Gasteiger partial charge in [0.25, 0.3) is 17.3 Å². The lowest BCUT2D eigenvalue weighted by molar-refractivity contribution is 0.0520. The second-order valence-electron chi connectivity index (χ2n) is 5.46. The first-order chi connectivity index (χ1) is 12.1. The summed E-state index contributed by atoms with van der Waals surface area (Å²) in [6, 6.07) is 2.95. The predicted octanol–water partition coefficient (Wildman–Crippen LogP) is -0.592. The van der Waals surface area contributed by atoms with Crippen LogP contribution in [-0.4, -0.2) is 49.9 Å². The number of nitrogens with zero attached hydrogens (tertiary/aromatic N) is 4. The molecule has 128 valence electrons. The molecule has 0 bridgehead atoms. The molecule has 1 fully saturated rings. The zero-order chi connectivity index (χ0) is 17.8. The maximum absolute atomic E-state index is 12.5. The van der Waals surface area contributed by atoms with Gasteiger partial charge in [0.1, 0.15) is 17.9 Å². The van der Waals surface area contributed by atoms with Crippen molar-refractivity contribution in [2.45, 2.75) is 18.9 Å². The number of nitriles is 1. The number of piperidine rings is 1. The molecule has 3 rings (SSSR count). The van der Waals surface area contributed by atoms with Crippen LogP contribution in [0.4, 0.5) is 0 Å². The second-order valence-corrected chi connectivity index (χ2v) is 5.46. The van der Waals surface area contributed by atoms with Crippen molar-refractivity contribution >= 4 is 5.91 Å². The summed E-state index contributed by atoms with van der Waals surface area (Å²) >= 11 is 0. The molecule has 1 saturated heterocycles. The zero-order valence-corrected chi connectivity index (χ0v) is 13.1. The van der Waals surface area contributed by atoms with E-state index in [-0.39, 0.29) is 29.9 Å². The van der Waals surface area contributed by atoms with E-state index < -0.39 is 17.2 Å². The summed E-state index contributed by atoms with van der Waals surface area (Å²) in [5.41, 5.74) is -1.38. The normalized spacial score (nSPS) is 16.9. The standard InChI is InChI=1S/C15H14N6O4/c16-7-11-13(18-4-3-17-11)25-9-2-1-5-21(8-9)14(23)10-6-12(22)20-15(24)19-10/h3-4,6,9H,1-2,5,8H2,(H2,19,20,22,24)/t9-/m1/s1. The number of hydrogen-bond acceptors (Lipinski definition) is 7. The van der Waals surface area contributed by atoms with E-state index >= 15 is 0 Å². The topological polar surface area (TPSA) is 145 Å². The molecule has 25 heavy (non-hydrogen) atoms. The van der Waals surface area contributed by atoms with Gasteiger partial charge in [-0.3, -0.25) is 14.6 Å². The maximum atomic E-state index is 12.5. The number of amides is 1. The molecule has 1 aliphatic heterocycles. The average molecular weight is 342 g/mol. The Morgan fingerprint density at radius 1 is 1.32 bits per heavy atom. The molecular formula is C15H14N6O4. The highest BCUT2D eigenvalue weighted by Crippen LogP contribution is 2.19. The fraction of sp³-hybridized carbons (Fsp3) is 0.333. The number of hydrogen-bond donors (Lipinski definition) is 2. The van der Waals surface area contributed by atoms with E-state index in [9.17, 15) is 14.4 Å². The van der Waals surface area contributed by atoms with Crippen molar-refractivity contribution in [2.75, 3.05) is 13.1 Å². The Kier molecular flexibility index (Phi) is 4.56. The highest BCUT2D eigenvalue weighted by molar-refractivity contribution is 5.92. The van der Waals surface area contributed by atoms with Gasteiger partial charge in [-0.05, 0) is 12.8 Å². The van der Waals surface area contributed by atoms with E-state index in [0.717, 1.165) is 6.07 Å². The van der Waals surface area contributed by atoms with Crippen molar-refractivity contribution in [2.24, 2.45) is 0 Å². The van der Waals surface area contributed by atoms with E-state index in [4.69, 9.17) is 10.00 Å². The molecule has 0 saturated carbocycles. The molecule has 1 amide bonds. The van der Waals surface area contributed by atoms with Crippen LogP contribution < -0.4 is 16.0 Å². The van der Waals surface area contributed by atoms with Crippen LogP contribution in [0.25, 0.3) is 0 Å². The van der Waals surface area contributed by atoms with Gasteiger partial charge in [0.15, 0.2) is 0 Å². The molecule has 0 unspecified atom stereocenters. The SMILES string of the molecule is N#Cc1nccnc1O[C@@H]1CCCN(C(=O)c2cc(=O)[nH]c(=O)[nH]2)C1. The summed E-state index contributed by atoms with van der Waals surface area (Å²) < 4.78 is 5.71. The van der Waals surface area contributed by atoms with Crippen LogP contribution >= 0.6 is 0 Å². The molecule has 1 atom stereocenters. The van der Waals surface area contributed by atoms with Gasteiger partial charge in [0.05, 0.1) is 6.54 Å². The Balaban J connectivity index is 1.75. The van der Waals surface area contributed by atoms with Crippen molar-refractivity contribution in [1.29, 1.82) is 5.26 Å². The van der Waals surface area contributed by atoms with Crippen LogP contribution in [0.2, 0.25) is 0 Å². The molecule has 2 N–H and O–H groups in total. The maximum Gasteiger partial charge on any atom is 0.326 e. The Morgan fingerprint density at radius 2 is 2.12 bits per heavy atom. The minimum Gasteiger partial charge on any atom is -0.470 e. The first kappa shape index (κ1) is 16.4. The van der Waals surface area contributed by atoms with E-state index in [1.165, 1.54) is 17.3 Å². The number of nitrogens with one attached hydrogen (secondary N) is 2. The smallest absolute Gasteiger partial charge is 0.326 e. The lowest BCUT2D eigenvalue weighted by Crippen LogP contribution is -2.45. The van der Waals surface area contributed by atoms with Gasteiger partial charge in [-0.2, -0.15) is 5.26 Å². The average Bonchev–Trinajstić information content (AvgIpc) is 2.61. The molecule has 0 aliphatic carbocycles. The summed E-state index contributed by atoms with van der Waals surface area (Å²) in [5, 5.41) is 9.03. The van der Waals surface area contributed by atoms with Gasteiger partial charge >= 0.3 is 5.69 Å². The molecule has 10 nitrogen and oxygen atoms in total. The third-order valence-corrected chi connectivity index (χ3v) is 3.71. The Labute approximate surface area is 141 Å². The van der Waals surface area contributed by atoms with Gasteiger partial charge in [-0.25, -0.2) is 14.8 Å². The molecule has 1 aliphatic rings. The number of rotatable bonds is 3. The molecule has 2 aromatic heterocycles. The minimum absolute atomic E-state index is 0.0740. The summed E-state index contributed by atoms with van der Waals surface area (Å²) in [6.07, 6.45) is 3.80. The summed E-state index contributed by atoms with van der Waals surface area (Å²) in [4.78, 5) is 48.9. The first-order valence-corrected chi connectivity index (χ1v) is 7.57. The third kappa shape index (κ3) is 3.72. The van der Waals surface area contributed by atoms with E-state index in [0.29, 0.717) is 19.4 Å². The fourth-order valence-corrected chi connectivity index (χ4v) is 2.62. The van der Waals surface area contributed by atoms with Gasteiger partial charge in [0.2, 0.25) is 5.69 Å². The number of carbonyl (C=O) groups is 1. The Bertz CT molecular complexity index is 916. The lowest BCUT2D eigenvalue weighted by Gasteiger charge is -2.32. The molecule has 2 aromatic rings. The highest BCUT2D eigenvalue weighted by Gasteiger charge is 2.27. The number of ether oxygens (including phenoxy) is 1. The van der Waals surface area contributed by atoms with Crippen molar-refractivity contribution in [3.8, 4) is 11.9 Å². The third-order valence-electron chi connectivity index (χ3n) is 3.71. The number of carbonyl (C=O) groups excluding carboxylic acids is 1. The van der Waals surface area contributed by atoms with Crippen molar-refractivity contribution in [1.82, 2.24) is 24.8 Å². The van der Waals surface area contributed by atoms with Crippen molar-refractivity contribution in [3.63, 3.8) is 0 Å². The summed E-state index contributed by atoms with van der Waals surface area (Å²) in [5.74, 6) is -0.343. The van der Waals surface area contributed by atoms with Crippen LogP contribution in [0.15, 0.2) is 28.0 Å². The number of likely N-dealkylation sites (tertiary alicyclic amines) is 1.